The van der Waals surface area contributed by atoms with Gasteiger partial charge in [-0.3, -0.25) is 0 Å². The van der Waals surface area contributed by atoms with E-state index >= 15 is 0 Å². The Hall–Kier alpha value is -1.16. The summed E-state index contributed by atoms with van der Waals surface area (Å²) in [6, 6.07) is 0.610. The van der Waals surface area contributed by atoms with Crippen LogP contribution in [0.4, 0.5) is 5.69 Å². The molecule has 0 bridgehead atoms. The van der Waals surface area contributed by atoms with Crippen LogP contribution in [0.2, 0.25) is 0 Å². The monoisotopic (exact) mass is 221 g/mol. The topological polar surface area (TPSA) is 49.2 Å². The highest BCUT2D eigenvalue weighted by Gasteiger charge is 2.28. The smallest absolute Gasteiger partial charge is 0.131 e. The van der Waals surface area contributed by atoms with E-state index in [9.17, 15) is 5.11 Å². The summed E-state index contributed by atoms with van der Waals surface area (Å²) in [4.78, 5) is 10.9. The molecule has 4 heteroatoms. The van der Waals surface area contributed by atoms with E-state index in [4.69, 9.17) is 0 Å². The van der Waals surface area contributed by atoms with Crippen molar-refractivity contribution in [2.75, 3.05) is 11.9 Å². The molecule has 0 saturated heterocycles. The van der Waals surface area contributed by atoms with Gasteiger partial charge in [0, 0.05) is 19.0 Å². The van der Waals surface area contributed by atoms with Crippen molar-refractivity contribution in [2.45, 2.75) is 45.3 Å². The quantitative estimate of drug-likeness (QED) is 0.840. The van der Waals surface area contributed by atoms with Crippen molar-refractivity contribution >= 4 is 5.69 Å². The van der Waals surface area contributed by atoms with Gasteiger partial charge in [0.1, 0.15) is 5.82 Å². The molecule has 1 aromatic heterocycles. The van der Waals surface area contributed by atoms with Crippen molar-refractivity contribution < 1.29 is 5.11 Å². The number of aliphatic hydroxyl groups is 1. The minimum atomic E-state index is -0.0192. The molecule has 0 atom stereocenters. The van der Waals surface area contributed by atoms with Crippen LogP contribution in [0.15, 0.2) is 6.20 Å². The Kier molecular flexibility index (Phi) is 3.10. The van der Waals surface area contributed by atoms with Gasteiger partial charge in [0.25, 0.3) is 0 Å². The third kappa shape index (κ3) is 2.16. The number of hydrogen-bond donors (Lipinski definition) is 1. The van der Waals surface area contributed by atoms with Gasteiger partial charge in [0.05, 0.1) is 24.2 Å². The zero-order valence-electron chi connectivity index (χ0n) is 10.1. The first kappa shape index (κ1) is 11.3. The van der Waals surface area contributed by atoms with E-state index < -0.39 is 0 Å². The molecule has 1 N–H and O–H groups in total. The molecule has 0 radical (unpaired) electrons. The first-order valence-corrected chi connectivity index (χ1v) is 5.83. The fourth-order valence-corrected chi connectivity index (χ4v) is 1.77. The van der Waals surface area contributed by atoms with Crippen LogP contribution in [0.3, 0.4) is 0 Å². The lowest BCUT2D eigenvalue weighted by Gasteiger charge is -2.21. The Morgan fingerprint density at radius 2 is 2.19 bits per heavy atom. The number of aliphatic hydroxyl groups excluding tert-OH is 1. The molecule has 16 heavy (non-hydrogen) atoms. The highest BCUT2D eigenvalue weighted by atomic mass is 16.3. The molecular weight excluding hydrogens is 202 g/mol. The highest BCUT2D eigenvalue weighted by Crippen LogP contribution is 2.31. The summed E-state index contributed by atoms with van der Waals surface area (Å²) in [6.07, 6.45) is 4.30. The van der Waals surface area contributed by atoms with E-state index in [-0.39, 0.29) is 6.61 Å². The summed E-state index contributed by atoms with van der Waals surface area (Å²) in [5.74, 6) is 1.10. The summed E-state index contributed by atoms with van der Waals surface area (Å²) in [5.41, 5.74) is 1.71. The molecule has 88 valence electrons. The molecule has 1 aromatic rings. The first-order chi connectivity index (χ1) is 7.63. The van der Waals surface area contributed by atoms with Crippen LogP contribution in [-0.2, 0) is 6.61 Å². The van der Waals surface area contributed by atoms with Gasteiger partial charge in [0.2, 0.25) is 0 Å². The molecular formula is C12H19N3O. The Balaban J connectivity index is 2.30. The largest absolute Gasteiger partial charge is 0.390 e. The minimum absolute atomic E-state index is 0.0192. The molecule has 2 rings (SSSR count). The van der Waals surface area contributed by atoms with Crippen molar-refractivity contribution in [2.24, 2.45) is 0 Å². The molecule has 0 amide bonds. The predicted molar refractivity (Wildman–Crippen MR) is 63.5 cm³/mol. The first-order valence-electron chi connectivity index (χ1n) is 5.83. The van der Waals surface area contributed by atoms with Gasteiger partial charge in [-0.05, 0) is 12.8 Å². The maximum atomic E-state index is 9.36. The summed E-state index contributed by atoms with van der Waals surface area (Å²) >= 11 is 0. The lowest BCUT2D eigenvalue weighted by Crippen LogP contribution is -2.22. The normalized spacial score (nSPS) is 15.6. The average molecular weight is 221 g/mol. The van der Waals surface area contributed by atoms with Crippen LogP contribution in [0.1, 0.15) is 44.1 Å². The van der Waals surface area contributed by atoms with E-state index in [0.29, 0.717) is 12.0 Å². The minimum Gasteiger partial charge on any atom is -0.390 e. The molecule has 1 saturated carbocycles. The lowest BCUT2D eigenvalue weighted by atomic mass is 10.2. The van der Waals surface area contributed by atoms with E-state index in [1.807, 2.05) is 13.2 Å². The number of anilines is 1. The number of rotatable bonds is 4. The second kappa shape index (κ2) is 4.37. The van der Waals surface area contributed by atoms with Gasteiger partial charge in [0.15, 0.2) is 0 Å². The van der Waals surface area contributed by atoms with Crippen LogP contribution >= 0.6 is 0 Å². The Labute approximate surface area is 96.3 Å². The Bertz CT molecular complexity index is 375. The van der Waals surface area contributed by atoms with Crippen molar-refractivity contribution in [3.05, 3.63) is 17.7 Å². The molecule has 0 aromatic carbocycles. The van der Waals surface area contributed by atoms with Crippen molar-refractivity contribution in [1.29, 1.82) is 0 Å². The van der Waals surface area contributed by atoms with Crippen molar-refractivity contribution in [3.63, 3.8) is 0 Å². The van der Waals surface area contributed by atoms with Crippen LogP contribution < -0.4 is 4.90 Å². The van der Waals surface area contributed by atoms with Crippen LogP contribution in [0.25, 0.3) is 0 Å². The van der Waals surface area contributed by atoms with Gasteiger partial charge < -0.3 is 10.0 Å². The van der Waals surface area contributed by atoms with Crippen molar-refractivity contribution in [1.82, 2.24) is 9.97 Å². The average Bonchev–Trinajstić information content (AvgIpc) is 3.11. The molecule has 1 aliphatic carbocycles. The third-order valence-electron chi connectivity index (χ3n) is 3.01. The lowest BCUT2D eigenvalue weighted by molar-refractivity contribution is 0.276. The van der Waals surface area contributed by atoms with Gasteiger partial charge in [-0.25, -0.2) is 9.97 Å². The fraction of sp³-hybridized carbons (Fsp3) is 0.667. The van der Waals surface area contributed by atoms with Crippen LogP contribution in [-0.4, -0.2) is 28.2 Å². The predicted octanol–water partition coefficient (Wildman–Crippen LogP) is 1.69. The maximum absolute atomic E-state index is 9.36. The molecule has 1 fully saturated rings. The summed E-state index contributed by atoms with van der Waals surface area (Å²) in [5, 5.41) is 9.36. The van der Waals surface area contributed by atoms with Gasteiger partial charge in [-0.2, -0.15) is 0 Å². The van der Waals surface area contributed by atoms with E-state index in [0.717, 1.165) is 17.2 Å². The van der Waals surface area contributed by atoms with Crippen molar-refractivity contribution in [3.8, 4) is 0 Å². The second-order valence-corrected chi connectivity index (χ2v) is 4.72. The van der Waals surface area contributed by atoms with Gasteiger partial charge in [-0.1, -0.05) is 13.8 Å². The summed E-state index contributed by atoms with van der Waals surface area (Å²) < 4.78 is 0. The molecule has 1 heterocycles. The third-order valence-corrected chi connectivity index (χ3v) is 3.01. The fourth-order valence-electron chi connectivity index (χ4n) is 1.77. The Morgan fingerprint density at radius 3 is 2.69 bits per heavy atom. The summed E-state index contributed by atoms with van der Waals surface area (Å²) in [6.45, 7) is 4.09. The zero-order valence-corrected chi connectivity index (χ0v) is 10.1. The zero-order chi connectivity index (χ0) is 11.7. The summed E-state index contributed by atoms with van der Waals surface area (Å²) in [7, 11) is 2.05. The molecule has 1 aliphatic rings. The van der Waals surface area contributed by atoms with Crippen LogP contribution in [0, 0.1) is 0 Å². The number of hydrogen-bond acceptors (Lipinski definition) is 4. The van der Waals surface area contributed by atoms with Gasteiger partial charge >= 0.3 is 0 Å². The molecule has 0 aliphatic heterocycles. The molecule has 0 unspecified atom stereocenters. The van der Waals surface area contributed by atoms with E-state index in [1.54, 1.807) is 0 Å². The maximum Gasteiger partial charge on any atom is 0.131 e. The Morgan fingerprint density at radius 1 is 1.50 bits per heavy atom. The number of nitrogens with zero attached hydrogens (tertiary/aromatic N) is 3. The molecule has 0 spiro atoms. The van der Waals surface area contributed by atoms with E-state index in [1.165, 1.54) is 12.8 Å². The SMILES string of the molecule is CC(C)c1ncc(N(C)C2CC2)c(CO)n1. The van der Waals surface area contributed by atoms with Crippen LogP contribution in [0.5, 0.6) is 0 Å². The van der Waals surface area contributed by atoms with E-state index in [2.05, 4.69) is 28.7 Å². The van der Waals surface area contributed by atoms with Gasteiger partial charge in [-0.15, -0.1) is 0 Å². The number of aromatic nitrogens is 2. The second-order valence-electron chi connectivity index (χ2n) is 4.72. The highest BCUT2D eigenvalue weighted by molar-refractivity contribution is 5.50. The molecule has 4 nitrogen and oxygen atoms in total. The standard InChI is InChI=1S/C12H19N3O/c1-8(2)12-13-6-11(10(7-16)14-12)15(3)9-4-5-9/h6,8-9,16H,4-5,7H2,1-3H3.